The Labute approximate surface area is 127 Å². The summed E-state index contributed by atoms with van der Waals surface area (Å²) in [5.74, 6) is 0.174. The first-order valence-corrected chi connectivity index (χ1v) is 8.14. The Balaban J connectivity index is 2.21. The predicted molar refractivity (Wildman–Crippen MR) is 84.3 cm³/mol. The fraction of sp³-hybridized carbons (Fsp3) is 0.400. The van der Waals surface area contributed by atoms with Gasteiger partial charge in [-0.1, -0.05) is 0 Å². The van der Waals surface area contributed by atoms with Crippen LogP contribution in [0.2, 0.25) is 0 Å². The highest BCUT2D eigenvalue weighted by molar-refractivity contribution is 7.98. The van der Waals surface area contributed by atoms with E-state index >= 15 is 0 Å². The molecule has 3 N–H and O–H groups in total. The molecule has 1 aromatic heterocycles. The molecule has 0 bridgehead atoms. The van der Waals surface area contributed by atoms with Crippen LogP contribution in [0.25, 0.3) is 10.9 Å². The van der Waals surface area contributed by atoms with Gasteiger partial charge >= 0.3 is 0 Å². The van der Waals surface area contributed by atoms with E-state index in [-0.39, 0.29) is 24.4 Å². The number of aromatic nitrogens is 1. The third-order valence-corrected chi connectivity index (χ3v) is 4.07. The fourth-order valence-electron chi connectivity index (χ4n) is 2.31. The van der Waals surface area contributed by atoms with Crippen LogP contribution in [0.1, 0.15) is 22.5 Å². The normalized spacial score (nSPS) is 12.6. The van der Waals surface area contributed by atoms with Crippen molar-refractivity contribution in [2.75, 3.05) is 18.6 Å². The minimum Gasteiger partial charge on any atom is -0.396 e. The summed E-state index contributed by atoms with van der Waals surface area (Å²) in [5.41, 5.74) is 1.81. The molecule has 0 spiro atoms. The Bertz CT molecular complexity index is 636. The molecule has 0 fully saturated rings. The summed E-state index contributed by atoms with van der Waals surface area (Å²) in [6.07, 6.45) is 2.46. The third kappa shape index (κ3) is 3.77. The number of amides is 1. The molecule has 0 aliphatic rings. The quantitative estimate of drug-likeness (QED) is 0.768. The number of aliphatic hydroxyl groups is 1. The molecule has 2 aromatic rings. The molecule has 1 aromatic carbocycles. The molecule has 1 unspecified atom stereocenters. The van der Waals surface area contributed by atoms with Crippen molar-refractivity contribution < 1.29 is 14.3 Å². The van der Waals surface area contributed by atoms with Gasteiger partial charge < -0.3 is 15.4 Å². The highest BCUT2D eigenvalue weighted by Gasteiger charge is 2.16. The molecule has 1 heterocycles. The van der Waals surface area contributed by atoms with Crippen LogP contribution in [0, 0.1) is 12.7 Å². The second-order valence-corrected chi connectivity index (χ2v) is 5.92. The average Bonchev–Trinajstić information content (AvgIpc) is 2.83. The van der Waals surface area contributed by atoms with Gasteiger partial charge in [-0.05, 0) is 43.4 Å². The van der Waals surface area contributed by atoms with Crippen molar-refractivity contribution in [1.82, 2.24) is 10.3 Å². The number of carbonyl (C=O) groups excluding carboxylic acids is 1. The third-order valence-electron chi connectivity index (χ3n) is 3.33. The van der Waals surface area contributed by atoms with Crippen LogP contribution in [-0.2, 0) is 0 Å². The van der Waals surface area contributed by atoms with Crippen molar-refractivity contribution in [2.24, 2.45) is 0 Å². The summed E-state index contributed by atoms with van der Waals surface area (Å²) in [4.78, 5) is 15.2. The van der Waals surface area contributed by atoms with Crippen LogP contribution in [0.5, 0.6) is 0 Å². The van der Waals surface area contributed by atoms with Crippen LogP contribution in [0.4, 0.5) is 4.39 Å². The number of aliphatic hydroxyl groups excluding tert-OH is 1. The Morgan fingerprint density at radius 3 is 2.90 bits per heavy atom. The van der Waals surface area contributed by atoms with Gasteiger partial charge in [0.2, 0.25) is 0 Å². The fourth-order valence-corrected chi connectivity index (χ4v) is 2.97. The molecule has 114 valence electrons. The molecule has 21 heavy (non-hydrogen) atoms. The van der Waals surface area contributed by atoms with E-state index in [0.29, 0.717) is 17.6 Å². The van der Waals surface area contributed by atoms with Crippen LogP contribution in [0.3, 0.4) is 0 Å². The lowest BCUT2D eigenvalue weighted by atomic mass is 10.1. The zero-order valence-corrected chi connectivity index (χ0v) is 12.9. The zero-order valence-electron chi connectivity index (χ0n) is 12.1. The number of nitrogens with one attached hydrogen (secondary N) is 2. The van der Waals surface area contributed by atoms with Crippen molar-refractivity contribution in [1.29, 1.82) is 0 Å². The van der Waals surface area contributed by atoms with Crippen molar-refractivity contribution in [3.05, 3.63) is 35.3 Å². The minimum atomic E-state index is -0.325. The van der Waals surface area contributed by atoms with Gasteiger partial charge in [0.1, 0.15) is 11.5 Å². The number of H-pyrrole nitrogens is 1. The molecular formula is C15H19FN2O2S. The number of rotatable bonds is 6. The molecular weight excluding hydrogens is 291 g/mol. The number of aromatic amines is 1. The van der Waals surface area contributed by atoms with E-state index in [1.54, 1.807) is 17.8 Å². The number of halogens is 1. The van der Waals surface area contributed by atoms with Crippen LogP contribution >= 0.6 is 11.8 Å². The van der Waals surface area contributed by atoms with E-state index in [9.17, 15) is 9.18 Å². The van der Waals surface area contributed by atoms with E-state index < -0.39 is 0 Å². The topological polar surface area (TPSA) is 65.1 Å². The minimum absolute atomic E-state index is 0.0303. The van der Waals surface area contributed by atoms with E-state index in [1.807, 2.05) is 13.2 Å². The molecule has 2 rings (SSSR count). The van der Waals surface area contributed by atoms with Gasteiger partial charge in [0.15, 0.2) is 0 Å². The van der Waals surface area contributed by atoms with E-state index in [0.717, 1.165) is 16.7 Å². The standard InChI is InChI=1S/C15H19FN2O2S/c1-9-5-10(16)6-13-12(9)7-14(18-13)15(20)17-11(3-4-19)8-21-2/h5-7,11,18-19H,3-4,8H2,1-2H3,(H,17,20). The smallest absolute Gasteiger partial charge is 0.267 e. The Morgan fingerprint density at radius 2 is 2.24 bits per heavy atom. The van der Waals surface area contributed by atoms with Crippen molar-refractivity contribution in [2.45, 2.75) is 19.4 Å². The van der Waals surface area contributed by atoms with Crippen molar-refractivity contribution in [3.63, 3.8) is 0 Å². The second-order valence-electron chi connectivity index (χ2n) is 5.00. The maximum absolute atomic E-state index is 13.4. The molecule has 6 heteroatoms. The highest BCUT2D eigenvalue weighted by atomic mass is 32.2. The SMILES string of the molecule is CSCC(CCO)NC(=O)c1cc2c(C)cc(F)cc2[nH]1. The summed E-state index contributed by atoms with van der Waals surface area (Å²) in [6.45, 7) is 1.84. The Morgan fingerprint density at radius 1 is 1.48 bits per heavy atom. The average molecular weight is 310 g/mol. The molecule has 1 amide bonds. The van der Waals surface area contributed by atoms with E-state index in [2.05, 4.69) is 10.3 Å². The second kappa shape index (κ2) is 6.95. The lowest BCUT2D eigenvalue weighted by molar-refractivity contribution is 0.0931. The summed E-state index contributed by atoms with van der Waals surface area (Å²) >= 11 is 1.61. The number of thioether (sulfide) groups is 1. The lowest BCUT2D eigenvalue weighted by Gasteiger charge is -2.15. The van der Waals surface area contributed by atoms with Crippen LogP contribution in [-0.4, -0.2) is 40.7 Å². The lowest BCUT2D eigenvalue weighted by Crippen LogP contribution is -2.37. The number of fused-ring (bicyclic) bond motifs is 1. The number of hydrogen-bond donors (Lipinski definition) is 3. The number of carbonyl (C=O) groups is 1. The summed E-state index contributed by atoms with van der Waals surface area (Å²) in [5, 5.41) is 12.7. The first kappa shape index (κ1) is 15.9. The number of benzene rings is 1. The molecule has 4 nitrogen and oxygen atoms in total. The van der Waals surface area contributed by atoms with Gasteiger partial charge in [-0.15, -0.1) is 0 Å². The van der Waals surface area contributed by atoms with E-state index in [4.69, 9.17) is 5.11 Å². The molecule has 0 saturated carbocycles. The largest absolute Gasteiger partial charge is 0.396 e. The number of aryl methyl sites for hydroxylation is 1. The highest BCUT2D eigenvalue weighted by Crippen LogP contribution is 2.21. The first-order chi connectivity index (χ1) is 10.0. The predicted octanol–water partition coefficient (Wildman–Crippen LogP) is 2.46. The molecule has 1 atom stereocenters. The van der Waals surface area contributed by atoms with Gasteiger partial charge in [-0.3, -0.25) is 4.79 Å². The molecule has 0 aliphatic heterocycles. The first-order valence-electron chi connectivity index (χ1n) is 6.74. The van der Waals surface area contributed by atoms with Gasteiger partial charge in [-0.2, -0.15) is 11.8 Å². The van der Waals surface area contributed by atoms with Crippen LogP contribution < -0.4 is 5.32 Å². The maximum atomic E-state index is 13.4. The number of hydrogen-bond acceptors (Lipinski definition) is 3. The zero-order chi connectivity index (χ0) is 15.4. The molecule has 0 saturated heterocycles. The Hall–Kier alpha value is -1.53. The van der Waals surface area contributed by atoms with Gasteiger partial charge in [0, 0.05) is 29.3 Å². The van der Waals surface area contributed by atoms with Crippen LogP contribution in [0.15, 0.2) is 18.2 Å². The van der Waals surface area contributed by atoms with E-state index in [1.165, 1.54) is 12.1 Å². The van der Waals surface area contributed by atoms with Crippen molar-refractivity contribution in [3.8, 4) is 0 Å². The van der Waals surface area contributed by atoms with Crippen molar-refractivity contribution >= 4 is 28.6 Å². The molecule has 0 radical (unpaired) electrons. The summed E-state index contributed by atoms with van der Waals surface area (Å²) < 4.78 is 13.4. The van der Waals surface area contributed by atoms with Gasteiger partial charge in [0.25, 0.3) is 5.91 Å². The van der Waals surface area contributed by atoms with Gasteiger partial charge in [-0.25, -0.2) is 4.39 Å². The summed E-state index contributed by atoms with van der Waals surface area (Å²) in [6, 6.07) is 4.47. The molecule has 0 aliphatic carbocycles. The summed E-state index contributed by atoms with van der Waals surface area (Å²) in [7, 11) is 0. The Kier molecular flexibility index (Phi) is 5.25. The van der Waals surface area contributed by atoms with Gasteiger partial charge in [0.05, 0.1) is 0 Å². The maximum Gasteiger partial charge on any atom is 0.267 e. The monoisotopic (exact) mass is 310 g/mol.